The molecule has 0 fully saturated rings. The van der Waals surface area contributed by atoms with Crippen LogP contribution in [-0.2, 0) is 0 Å². The number of nitriles is 1. The van der Waals surface area contributed by atoms with E-state index >= 15 is 0 Å². The summed E-state index contributed by atoms with van der Waals surface area (Å²) in [5, 5.41) is 20.1. The second kappa shape index (κ2) is 5.50. The Hall–Kier alpha value is -2.39. The Morgan fingerprint density at radius 3 is 2.58 bits per heavy atom. The van der Waals surface area contributed by atoms with Gasteiger partial charge in [-0.1, -0.05) is 11.8 Å². The van der Waals surface area contributed by atoms with Crippen LogP contribution in [0.15, 0.2) is 46.3 Å². The minimum absolute atomic E-state index is 0.0549. The SMILES string of the molecule is Cc1cc(C#N)cc(Sc2ccc([N+](=O)[O-])cc2)n1. The third-order valence-corrected chi connectivity index (χ3v) is 3.26. The van der Waals surface area contributed by atoms with E-state index in [-0.39, 0.29) is 5.69 Å². The Morgan fingerprint density at radius 2 is 2.00 bits per heavy atom. The summed E-state index contributed by atoms with van der Waals surface area (Å²) < 4.78 is 0. The highest BCUT2D eigenvalue weighted by atomic mass is 32.2. The number of hydrogen-bond donors (Lipinski definition) is 0. The molecule has 1 heterocycles. The first-order valence-electron chi connectivity index (χ1n) is 5.39. The smallest absolute Gasteiger partial charge is 0.258 e. The number of pyridine rings is 1. The number of aryl methyl sites for hydroxylation is 1. The molecule has 0 N–H and O–H groups in total. The first-order valence-corrected chi connectivity index (χ1v) is 6.21. The van der Waals surface area contributed by atoms with Crippen molar-refractivity contribution in [3.05, 3.63) is 57.8 Å². The standard InChI is InChI=1S/C13H9N3O2S/c1-9-6-10(8-14)7-13(15-9)19-12-4-2-11(3-5-12)16(17)18/h2-7H,1H3. The number of hydrogen-bond acceptors (Lipinski definition) is 5. The molecule has 1 aromatic heterocycles. The Labute approximate surface area is 114 Å². The summed E-state index contributed by atoms with van der Waals surface area (Å²) in [5.74, 6) is 0. The van der Waals surface area contributed by atoms with Crippen molar-refractivity contribution in [1.82, 2.24) is 4.98 Å². The van der Waals surface area contributed by atoms with Crippen LogP contribution in [0, 0.1) is 28.4 Å². The van der Waals surface area contributed by atoms with Crippen LogP contribution in [0.3, 0.4) is 0 Å². The topological polar surface area (TPSA) is 79.8 Å². The summed E-state index contributed by atoms with van der Waals surface area (Å²) in [6.45, 7) is 1.82. The largest absolute Gasteiger partial charge is 0.269 e. The number of rotatable bonds is 3. The van der Waals surface area contributed by atoms with Gasteiger partial charge in [-0.05, 0) is 31.2 Å². The molecule has 0 aliphatic rings. The van der Waals surface area contributed by atoms with E-state index in [4.69, 9.17) is 5.26 Å². The van der Waals surface area contributed by atoms with Crippen LogP contribution in [0.5, 0.6) is 0 Å². The first kappa shape index (κ1) is 13.1. The molecule has 0 aliphatic heterocycles. The molecule has 0 bridgehead atoms. The molecule has 0 amide bonds. The van der Waals surface area contributed by atoms with Crippen LogP contribution in [0.1, 0.15) is 11.3 Å². The molecule has 2 aromatic rings. The van der Waals surface area contributed by atoms with Crippen LogP contribution in [-0.4, -0.2) is 9.91 Å². The van der Waals surface area contributed by atoms with Gasteiger partial charge in [-0.2, -0.15) is 5.26 Å². The summed E-state index contributed by atoms with van der Waals surface area (Å²) in [7, 11) is 0. The van der Waals surface area contributed by atoms with Gasteiger partial charge in [0.15, 0.2) is 0 Å². The van der Waals surface area contributed by atoms with Crippen molar-refractivity contribution in [2.75, 3.05) is 0 Å². The quantitative estimate of drug-likeness (QED) is 0.632. The Morgan fingerprint density at radius 1 is 1.32 bits per heavy atom. The zero-order chi connectivity index (χ0) is 13.8. The van der Waals surface area contributed by atoms with E-state index < -0.39 is 4.92 Å². The molecule has 0 saturated heterocycles. The normalized spacial score (nSPS) is 9.89. The van der Waals surface area contributed by atoms with Gasteiger partial charge in [0, 0.05) is 22.7 Å². The lowest BCUT2D eigenvalue weighted by Gasteiger charge is -2.02. The van der Waals surface area contributed by atoms with Crippen LogP contribution in [0.2, 0.25) is 0 Å². The number of nitrogens with zero attached hydrogens (tertiary/aromatic N) is 3. The average Bonchev–Trinajstić information content (AvgIpc) is 2.38. The molecule has 0 radical (unpaired) electrons. The lowest BCUT2D eigenvalue weighted by atomic mass is 10.2. The van der Waals surface area contributed by atoms with E-state index in [1.807, 2.05) is 6.92 Å². The van der Waals surface area contributed by atoms with Gasteiger partial charge >= 0.3 is 0 Å². The molecule has 0 saturated carbocycles. The third-order valence-electron chi connectivity index (χ3n) is 2.33. The molecule has 1 aromatic carbocycles. The second-order valence-electron chi connectivity index (χ2n) is 3.80. The predicted molar refractivity (Wildman–Crippen MR) is 70.9 cm³/mol. The van der Waals surface area contributed by atoms with E-state index in [0.717, 1.165) is 10.6 Å². The number of nitro benzene ring substituents is 1. The predicted octanol–water partition coefficient (Wildman–Crippen LogP) is 3.32. The van der Waals surface area contributed by atoms with Crippen molar-refractivity contribution < 1.29 is 4.92 Å². The molecular formula is C13H9N3O2S. The Kier molecular flexibility index (Phi) is 3.78. The minimum Gasteiger partial charge on any atom is -0.258 e. The maximum atomic E-state index is 10.5. The van der Waals surface area contributed by atoms with Gasteiger partial charge in [0.05, 0.1) is 16.6 Å². The van der Waals surface area contributed by atoms with Crippen LogP contribution >= 0.6 is 11.8 Å². The number of non-ortho nitro benzene ring substituents is 1. The van der Waals surface area contributed by atoms with Gasteiger partial charge in [0.1, 0.15) is 5.03 Å². The van der Waals surface area contributed by atoms with E-state index in [1.165, 1.54) is 23.9 Å². The number of aromatic nitrogens is 1. The monoisotopic (exact) mass is 271 g/mol. The molecule has 19 heavy (non-hydrogen) atoms. The van der Waals surface area contributed by atoms with E-state index in [9.17, 15) is 10.1 Å². The summed E-state index contributed by atoms with van der Waals surface area (Å²) in [4.78, 5) is 15.3. The molecule has 2 rings (SSSR count). The maximum Gasteiger partial charge on any atom is 0.269 e. The molecule has 6 heteroatoms. The molecule has 0 unspecified atom stereocenters. The lowest BCUT2D eigenvalue weighted by molar-refractivity contribution is -0.384. The molecule has 5 nitrogen and oxygen atoms in total. The van der Waals surface area contributed by atoms with Crippen molar-refractivity contribution in [2.45, 2.75) is 16.8 Å². The van der Waals surface area contributed by atoms with Crippen molar-refractivity contribution >= 4 is 17.4 Å². The van der Waals surface area contributed by atoms with Gasteiger partial charge < -0.3 is 0 Å². The van der Waals surface area contributed by atoms with Gasteiger partial charge in [0.2, 0.25) is 0 Å². The number of benzene rings is 1. The van der Waals surface area contributed by atoms with Crippen molar-refractivity contribution in [3.8, 4) is 6.07 Å². The van der Waals surface area contributed by atoms with Crippen LogP contribution < -0.4 is 0 Å². The molecule has 0 aliphatic carbocycles. The maximum absolute atomic E-state index is 10.5. The first-order chi connectivity index (χ1) is 9.08. The van der Waals surface area contributed by atoms with Crippen molar-refractivity contribution in [1.29, 1.82) is 5.26 Å². The minimum atomic E-state index is -0.437. The average molecular weight is 271 g/mol. The van der Waals surface area contributed by atoms with Gasteiger partial charge in [-0.15, -0.1) is 0 Å². The summed E-state index contributed by atoms with van der Waals surface area (Å²) >= 11 is 1.37. The Balaban J connectivity index is 2.24. The van der Waals surface area contributed by atoms with Crippen LogP contribution in [0.25, 0.3) is 0 Å². The van der Waals surface area contributed by atoms with E-state index in [1.54, 1.807) is 24.3 Å². The zero-order valence-corrected chi connectivity index (χ0v) is 10.8. The Bertz CT molecular complexity index is 663. The van der Waals surface area contributed by atoms with Crippen LogP contribution in [0.4, 0.5) is 5.69 Å². The fraction of sp³-hybridized carbons (Fsp3) is 0.0769. The van der Waals surface area contributed by atoms with E-state index in [0.29, 0.717) is 10.6 Å². The fourth-order valence-electron chi connectivity index (χ4n) is 1.51. The lowest BCUT2D eigenvalue weighted by Crippen LogP contribution is -1.88. The van der Waals surface area contributed by atoms with Gasteiger partial charge in [-0.25, -0.2) is 4.98 Å². The molecular weight excluding hydrogens is 262 g/mol. The highest BCUT2D eigenvalue weighted by molar-refractivity contribution is 7.99. The van der Waals surface area contributed by atoms with Crippen molar-refractivity contribution in [2.24, 2.45) is 0 Å². The fourth-order valence-corrected chi connectivity index (χ4v) is 2.40. The molecule has 94 valence electrons. The number of nitro groups is 1. The third kappa shape index (κ3) is 3.30. The summed E-state index contributed by atoms with van der Waals surface area (Å²) in [6.07, 6.45) is 0. The van der Waals surface area contributed by atoms with Crippen molar-refractivity contribution in [3.63, 3.8) is 0 Å². The second-order valence-corrected chi connectivity index (χ2v) is 4.89. The zero-order valence-electron chi connectivity index (χ0n) is 10.0. The van der Waals surface area contributed by atoms with E-state index in [2.05, 4.69) is 11.1 Å². The highest BCUT2D eigenvalue weighted by Crippen LogP contribution is 2.28. The van der Waals surface area contributed by atoms with Gasteiger partial charge in [0.25, 0.3) is 5.69 Å². The summed E-state index contributed by atoms with van der Waals surface area (Å²) in [5.41, 5.74) is 1.37. The van der Waals surface area contributed by atoms with Gasteiger partial charge in [-0.3, -0.25) is 10.1 Å². The highest BCUT2D eigenvalue weighted by Gasteiger charge is 2.06. The summed E-state index contributed by atoms with van der Waals surface area (Å²) in [6, 6.07) is 11.7. The molecule has 0 atom stereocenters. The molecule has 0 spiro atoms.